The van der Waals surface area contributed by atoms with Crippen LogP contribution in [0.5, 0.6) is 0 Å². The van der Waals surface area contributed by atoms with Crippen molar-refractivity contribution in [3.63, 3.8) is 0 Å². The van der Waals surface area contributed by atoms with Gasteiger partial charge in [-0.25, -0.2) is 0 Å². The Hall–Kier alpha value is -2.04. The third-order valence-electron chi connectivity index (χ3n) is 4.59. The van der Waals surface area contributed by atoms with E-state index in [-0.39, 0.29) is 24.8 Å². The van der Waals surface area contributed by atoms with Crippen LogP contribution in [0.15, 0.2) is 48.5 Å². The van der Waals surface area contributed by atoms with Crippen molar-refractivity contribution < 1.29 is 9.59 Å². The number of nitrogens with one attached hydrogen (secondary N) is 1. The zero-order chi connectivity index (χ0) is 20.5. The number of hydrogen-bond acceptors (Lipinski definition) is 2. The SMILES string of the molecule is CCCCNC(=O)[C@@H](C)N(Cc1ccccc1Cl)C(=O)Cc1ccccc1Cl. The summed E-state index contributed by atoms with van der Waals surface area (Å²) in [5.74, 6) is -0.348. The molecule has 0 unspecified atom stereocenters. The number of hydrogen-bond donors (Lipinski definition) is 1. The fourth-order valence-corrected chi connectivity index (χ4v) is 3.23. The summed E-state index contributed by atoms with van der Waals surface area (Å²) in [6, 6.07) is 14.0. The fourth-order valence-electron chi connectivity index (χ4n) is 2.84. The molecule has 0 saturated carbocycles. The first-order chi connectivity index (χ1) is 13.4. The van der Waals surface area contributed by atoms with E-state index in [1.54, 1.807) is 24.0 Å². The monoisotopic (exact) mass is 420 g/mol. The predicted octanol–water partition coefficient (Wildman–Crippen LogP) is 4.87. The quantitative estimate of drug-likeness (QED) is 0.588. The molecule has 6 heteroatoms. The molecule has 2 aromatic rings. The Labute approximate surface area is 176 Å². The molecule has 28 heavy (non-hydrogen) atoms. The molecule has 0 radical (unpaired) electrons. The standard InChI is InChI=1S/C22H26Cl2N2O2/c1-3-4-13-25-22(28)16(2)26(15-18-10-6-8-12-20(18)24)21(27)14-17-9-5-7-11-19(17)23/h5-12,16H,3-4,13-15H2,1-2H3,(H,25,28)/t16-/m1/s1. The Balaban J connectivity index is 2.22. The molecule has 2 rings (SSSR count). The number of carbonyl (C=O) groups excluding carboxylic acids is 2. The van der Waals surface area contributed by atoms with Crippen LogP contribution in [0.1, 0.15) is 37.8 Å². The number of amides is 2. The van der Waals surface area contributed by atoms with Crippen LogP contribution in [0.4, 0.5) is 0 Å². The van der Waals surface area contributed by atoms with E-state index in [9.17, 15) is 9.59 Å². The van der Waals surface area contributed by atoms with Crippen LogP contribution in [0.2, 0.25) is 10.0 Å². The van der Waals surface area contributed by atoms with Gasteiger partial charge in [0, 0.05) is 23.1 Å². The van der Waals surface area contributed by atoms with Gasteiger partial charge in [-0.3, -0.25) is 9.59 Å². The van der Waals surface area contributed by atoms with Gasteiger partial charge in [-0.1, -0.05) is 72.9 Å². The van der Waals surface area contributed by atoms with Gasteiger partial charge in [-0.2, -0.15) is 0 Å². The van der Waals surface area contributed by atoms with E-state index in [0.29, 0.717) is 16.6 Å². The zero-order valence-corrected chi connectivity index (χ0v) is 17.8. The molecule has 0 bridgehead atoms. The van der Waals surface area contributed by atoms with Crippen molar-refractivity contribution in [2.45, 2.75) is 45.7 Å². The predicted molar refractivity (Wildman–Crippen MR) is 115 cm³/mol. The van der Waals surface area contributed by atoms with E-state index in [1.165, 1.54) is 0 Å². The first-order valence-corrected chi connectivity index (χ1v) is 10.2. The number of halogens is 2. The van der Waals surface area contributed by atoms with Crippen LogP contribution in [0, 0.1) is 0 Å². The van der Waals surface area contributed by atoms with Crippen LogP contribution in [0.3, 0.4) is 0 Å². The van der Waals surface area contributed by atoms with E-state index in [2.05, 4.69) is 12.2 Å². The van der Waals surface area contributed by atoms with Gasteiger partial charge in [0.05, 0.1) is 6.42 Å². The molecule has 0 aliphatic rings. The highest BCUT2D eigenvalue weighted by molar-refractivity contribution is 6.31. The maximum atomic E-state index is 13.1. The molecule has 0 spiro atoms. The highest BCUT2D eigenvalue weighted by atomic mass is 35.5. The van der Waals surface area contributed by atoms with Crippen LogP contribution in [-0.2, 0) is 22.6 Å². The number of unbranched alkanes of at least 4 members (excludes halogenated alkanes) is 1. The molecule has 1 N–H and O–H groups in total. The average Bonchev–Trinajstić information content (AvgIpc) is 2.68. The lowest BCUT2D eigenvalue weighted by Crippen LogP contribution is -2.48. The first-order valence-electron chi connectivity index (χ1n) is 9.48. The molecular formula is C22H26Cl2N2O2. The summed E-state index contributed by atoms with van der Waals surface area (Å²) in [5.41, 5.74) is 1.53. The molecule has 4 nitrogen and oxygen atoms in total. The normalized spacial score (nSPS) is 11.7. The molecule has 0 heterocycles. The third kappa shape index (κ3) is 6.25. The second-order valence-corrected chi connectivity index (χ2v) is 7.52. The summed E-state index contributed by atoms with van der Waals surface area (Å²) in [6.07, 6.45) is 2.01. The Morgan fingerprint density at radius 1 is 1.00 bits per heavy atom. The lowest BCUT2D eigenvalue weighted by Gasteiger charge is -2.29. The summed E-state index contributed by atoms with van der Waals surface area (Å²) in [5, 5.41) is 4.00. The van der Waals surface area contributed by atoms with Gasteiger partial charge in [0.1, 0.15) is 6.04 Å². The summed E-state index contributed by atoms with van der Waals surface area (Å²) in [6.45, 7) is 4.65. The van der Waals surface area contributed by atoms with Gasteiger partial charge in [-0.05, 0) is 36.6 Å². The number of carbonyl (C=O) groups is 2. The Morgan fingerprint density at radius 2 is 1.57 bits per heavy atom. The molecule has 0 aliphatic carbocycles. The second kappa shape index (κ2) is 11.1. The maximum Gasteiger partial charge on any atom is 0.242 e. The minimum absolute atomic E-state index is 0.122. The lowest BCUT2D eigenvalue weighted by atomic mass is 10.1. The molecular weight excluding hydrogens is 395 g/mol. The molecule has 150 valence electrons. The van der Waals surface area contributed by atoms with E-state index < -0.39 is 6.04 Å². The van der Waals surface area contributed by atoms with Crippen molar-refractivity contribution in [1.82, 2.24) is 10.2 Å². The second-order valence-electron chi connectivity index (χ2n) is 6.70. The van der Waals surface area contributed by atoms with E-state index in [1.807, 2.05) is 36.4 Å². The van der Waals surface area contributed by atoms with Crippen molar-refractivity contribution in [2.24, 2.45) is 0 Å². The molecule has 0 saturated heterocycles. The topological polar surface area (TPSA) is 49.4 Å². The number of rotatable bonds is 9. The molecule has 0 aliphatic heterocycles. The minimum atomic E-state index is -0.622. The Kier molecular flexibility index (Phi) is 8.81. The molecule has 2 aromatic carbocycles. The van der Waals surface area contributed by atoms with E-state index in [0.717, 1.165) is 24.0 Å². The van der Waals surface area contributed by atoms with Crippen molar-refractivity contribution >= 4 is 35.0 Å². The van der Waals surface area contributed by atoms with Crippen molar-refractivity contribution in [3.8, 4) is 0 Å². The van der Waals surface area contributed by atoms with Crippen LogP contribution >= 0.6 is 23.2 Å². The number of benzene rings is 2. The highest BCUT2D eigenvalue weighted by Gasteiger charge is 2.26. The van der Waals surface area contributed by atoms with Gasteiger partial charge < -0.3 is 10.2 Å². The van der Waals surface area contributed by atoms with Crippen LogP contribution in [-0.4, -0.2) is 29.3 Å². The summed E-state index contributed by atoms with van der Waals surface area (Å²) in [7, 11) is 0. The van der Waals surface area contributed by atoms with Gasteiger partial charge in [-0.15, -0.1) is 0 Å². The molecule has 0 fully saturated rings. The van der Waals surface area contributed by atoms with Gasteiger partial charge in [0.2, 0.25) is 11.8 Å². The van der Waals surface area contributed by atoms with E-state index >= 15 is 0 Å². The van der Waals surface area contributed by atoms with Crippen LogP contribution in [0.25, 0.3) is 0 Å². The summed E-state index contributed by atoms with van der Waals surface area (Å²) < 4.78 is 0. The van der Waals surface area contributed by atoms with E-state index in [4.69, 9.17) is 23.2 Å². The first kappa shape index (κ1) is 22.3. The largest absolute Gasteiger partial charge is 0.354 e. The maximum absolute atomic E-state index is 13.1. The van der Waals surface area contributed by atoms with Gasteiger partial charge >= 0.3 is 0 Å². The van der Waals surface area contributed by atoms with Gasteiger partial charge in [0.25, 0.3) is 0 Å². The van der Waals surface area contributed by atoms with Crippen molar-refractivity contribution in [1.29, 1.82) is 0 Å². The average molecular weight is 421 g/mol. The molecule has 2 amide bonds. The Bertz CT molecular complexity index is 811. The highest BCUT2D eigenvalue weighted by Crippen LogP contribution is 2.21. The molecule has 1 atom stereocenters. The minimum Gasteiger partial charge on any atom is -0.354 e. The molecule has 0 aromatic heterocycles. The van der Waals surface area contributed by atoms with Gasteiger partial charge in [0.15, 0.2) is 0 Å². The van der Waals surface area contributed by atoms with Crippen molar-refractivity contribution in [3.05, 3.63) is 69.7 Å². The van der Waals surface area contributed by atoms with Crippen molar-refractivity contribution in [2.75, 3.05) is 6.54 Å². The lowest BCUT2D eigenvalue weighted by molar-refractivity contribution is -0.140. The Morgan fingerprint density at radius 3 is 2.14 bits per heavy atom. The summed E-state index contributed by atoms with van der Waals surface area (Å²) >= 11 is 12.5. The zero-order valence-electron chi connectivity index (χ0n) is 16.3. The smallest absolute Gasteiger partial charge is 0.242 e. The summed E-state index contributed by atoms with van der Waals surface area (Å²) in [4.78, 5) is 27.3. The third-order valence-corrected chi connectivity index (χ3v) is 5.33. The number of nitrogens with zero attached hydrogens (tertiary/aromatic N) is 1. The van der Waals surface area contributed by atoms with Crippen LogP contribution < -0.4 is 5.32 Å². The fraction of sp³-hybridized carbons (Fsp3) is 0.364.